The first kappa shape index (κ1) is 27.0. The minimum Gasteiger partial charge on any atom is -0.459 e. The van der Waals surface area contributed by atoms with E-state index in [1.807, 2.05) is 6.92 Å². The first-order chi connectivity index (χ1) is 14.2. The third-order valence-electron chi connectivity index (χ3n) is 3.61. The number of nitrogens with one attached hydrogen (secondary N) is 2. The van der Waals surface area contributed by atoms with E-state index in [0.29, 0.717) is 19.5 Å². The lowest BCUT2D eigenvalue weighted by atomic mass is 10.1. The van der Waals surface area contributed by atoms with E-state index in [4.69, 9.17) is 18.9 Å². The van der Waals surface area contributed by atoms with Gasteiger partial charge in [0.15, 0.2) is 0 Å². The Kier molecular flexibility index (Phi) is 14.2. The van der Waals surface area contributed by atoms with Crippen LogP contribution in [0.4, 0.5) is 9.59 Å². The number of hydrogen-bond acceptors (Lipinski definition) is 8. The Morgan fingerprint density at radius 1 is 0.833 bits per heavy atom. The molecular formula is C20H32N2O8. The van der Waals surface area contributed by atoms with Gasteiger partial charge in [0.05, 0.1) is 0 Å². The summed E-state index contributed by atoms with van der Waals surface area (Å²) in [6.07, 6.45) is 1.14. The Balaban J connectivity index is 3.82. The van der Waals surface area contributed by atoms with Gasteiger partial charge in [-0.05, 0) is 32.6 Å². The fourth-order valence-electron chi connectivity index (χ4n) is 2.03. The van der Waals surface area contributed by atoms with Crippen molar-refractivity contribution in [2.24, 2.45) is 5.92 Å². The first-order valence-electron chi connectivity index (χ1n) is 9.65. The SMILES string of the molecule is C=CC(=O)OCC(C)OC(=O)NCCCC(C)CNC(=O)OC(C)COC(=O)C=C. The summed E-state index contributed by atoms with van der Waals surface area (Å²) in [5.41, 5.74) is 0. The molecule has 0 aliphatic carbocycles. The summed E-state index contributed by atoms with van der Waals surface area (Å²) in [6, 6.07) is 0. The molecule has 0 radical (unpaired) electrons. The molecule has 170 valence electrons. The molecule has 30 heavy (non-hydrogen) atoms. The van der Waals surface area contributed by atoms with Crippen molar-refractivity contribution >= 4 is 24.1 Å². The van der Waals surface area contributed by atoms with Crippen molar-refractivity contribution in [3.05, 3.63) is 25.3 Å². The highest BCUT2D eigenvalue weighted by molar-refractivity contribution is 5.81. The Labute approximate surface area is 176 Å². The summed E-state index contributed by atoms with van der Waals surface area (Å²) in [5, 5.41) is 5.24. The molecule has 10 nitrogen and oxygen atoms in total. The van der Waals surface area contributed by atoms with Crippen LogP contribution in [-0.4, -0.2) is 62.6 Å². The number of carbonyl (C=O) groups is 4. The highest BCUT2D eigenvalue weighted by atomic mass is 16.6. The minimum absolute atomic E-state index is 0.0492. The molecule has 0 bridgehead atoms. The van der Waals surface area contributed by atoms with E-state index in [0.717, 1.165) is 18.6 Å². The maximum atomic E-state index is 11.7. The van der Waals surface area contributed by atoms with E-state index in [1.165, 1.54) is 0 Å². The smallest absolute Gasteiger partial charge is 0.407 e. The molecule has 2 amide bonds. The van der Waals surface area contributed by atoms with Gasteiger partial charge in [-0.1, -0.05) is 20.1 Å². The molecule has 0 saturated carbocycles. The van der Waals surface area contributed by atoms with Gasteiger partial charge in [0.1, 0.15) is 25.4 Å². The van der Waals surface area contributed by atoms with Crippen molar-refractivity contribution in [1.29, 1.82) is 0 Å². The maximum absolute atomic E-state index is 11.7. The molecule has 10 heteroatoms. The quantitative estimate of drug-likeness (QED) is 0.186. The number of esters is 2. The molecule has 0 rings (SSSR count). The van der Waals surface area contributed by atoms with Crippen LogP contribution in [0.1, 0.15) is 33.6 Å². The molecule has 0 aromatic heterocycles. The average molecular weight is 428 g/mol. The van der Waals surface area contributed by atoms with Crippen LogP contribution in [0.15, 0.2) is 25.3 Å². The zero-order valence-electron chi connectivity index (χ0n) is 17.8. The van der Waals surface area contributed by atoms with Crippen molar-refractivity contribution < 1.29 is 38.1 Å². The molecule has 0 spiro atoms. The van der Waals surface area contributed by atoms with Gasteiger partial charge in [0.25, 0.3) is 0 Å². The van der Waals surface area contributed by atoms with Crippen LogP contribution in [0.5, 0.6) is 0 Å². The van der Waals surface area contributed by atoms with Crippen LogP contribution in [0.2, 0.25) is 0 Å². The van der Waals surface area contributed by atoms with Crippen LogP contribution in [0.3, 0.4) is 0 Å². The molecule has 0 aliphatic rings. The van der Waals surface area contributed by atoms with E-state index in [9.17, 15) is 19.2 Å². The first-order valence-corrected chi connectivity index (χ1v) is 9.65. The van der Waals surface area contributed by atoms with E-state index >= 15 is 0 Å². The van der Waals surface area contributed by atoms with Crippen LogP contribution in [-0.2, 0) is 28.5 Å². The normalized spacial score (nSPS) is 13.0. The van der Waals surface area contributed by atoms with Gasteiger partial charge in [0.2, 0.25) is 0 Å². The second kappa shape index (κ2) is 15.8. The van der Waals surface area contributed by atoms with E-state index in [-0.39, 0.29) is 19.1 Å². The summed E-state index contributed by atoms with van der Waals surface area (Å²) >= 11 is 0. The predicted octanol–water partition coefficient (Wildman–Crippen LogP) is 2.09. The van der Waals surface area contributed by atoms with Crippen LogP contribution < -0.4 is 10.6 Å². The van der Waals surface area contributed by atoms with Crippen molar-refractivity contribution in [3.63, 3.8) is 0 Å². The van der Waals surface area contributed by atoms with Gasteiger partial charge in [-0.15, -0.1) is 0 Å². The fourth-order valence-corrected chi connectivity index (χ4v) is 2.03. The van der Waals surface area contributed by atoms with Gasteiger partial charge in [-0.25, -0.2) is 19.2 Å². The molecule has 0 aromatic rings. The van der Waals surface area contributed by atoms with Crippen molar-refractivity contribution in [2.45, 2.75) is 45.8 Å². The van der Waals surface area contributed by atoms with E-state index in [1.54, 1.807) is 13.8 Å². The van der Waals surface area contributed by atoms with Crippen molar-refractivity contribution in [2.75, 3.05) is 26.3 Å². The van der Waals surface area contributed by atoms with Gasteiger partial charge in [-0.2, -0.15) is 0 Å². The summed E-state index contributed by atoms with van der Waals surface area (Å²) in [5.74, 6) is -1.01. The predicted molar refractivity (Wildman–Crippen MR) is 109 cm³/mol. The van der Waals surface area contributed by atoms with E-state index in [2.05, 4.69) is 23.8 Å². The third-order valence-corrected chi connectivity index (χ3v) is 3.61. The number of carbonyl (C=O) groups excluding carboxylic acids is 4. The standard InChI is InChI=1S/C20H32N2O8/c1-6-17(23)27-12-15(4)29-19(25)21-10-8-9-14(3)11-22-20(26)30-16(5)13-28-18(24)7-2/h6-7,14-16H,1-2,8-13H2,3-5H3,(H,21,25)(H,22,26). The minimum atomic E-state index is -0.600. The summed E-state index contributed by atoms with van der Waals surface area (Å²) in [6.45, 7) is 12.4. The second-order valence-electron chi connectivity index (χ2n) is 6.66. The lowest BCUT2D eigenvalue weighted by molar-refractivity contribution is -0.141. The van der Waals surface area contributed by atoms with Gasteiger partial charge >= 0.3 is 24.1 Å². The highest BCUT2D eigenvalue weighted by Crippen LogP contribution is 2.04. The van der Waals surface area contributed by atoms with E-state index < -0.39 is 36.3 Å². The Hall–Kier alpha value is -3.04. The number of alkyl carbamates (subject to hydrolysis) is 2. The number of ether oxygens (including phenoxy) is 4. The van der Waals surface area contributed by atoms with Crippen LogP contribution in [0, 0.1) is 5.92 Å². The molecule has 2 N–H and O–H groups in total. The third kappa shape index (κ3) is 14.9. The summed E-state index contributed by atoms with van der Waals surface area (Å²) < 4.78 is 19.7. The number of hydrogen-bond donors (Lipinski definition) is 2. The highest BCUT2D eigenvalue weighted by Gasteiger charge is 2.13. The number of rotatable bonds is 14. The molecule has 0 aliphatic heterocycles. The molecule has 0 saturated heterocycles. The Bertz CT molecular complexity index is 593. The lowest BCUT2D eigenvalue weighted by Crippen LogP contribution is -2.33. The largest absolute Gasteiger partial charge is 0.459 e. The van der Waals surface area contributed by atoms with Crippen molar-refractivity contribution in [3.8, 4) is 0 Å². The average Bonchev–Trinajstić information content (AvgIpc) is 2.71. The second-order valence-corrected chi connectivity index (χ2v) is 6.66. The molecular weight excluding hydrogens is 396 g/mol. The fraction of sp³-hybridized carbons (Fsp3) is 0.600. The molecule has 0 aromatic carbocycles. The molecule has 0 fully saturated rings. The zero-order valence-corrected chi connectivity index (χ0v) is 17.8. The summed E-state index contributed by atoms with van der Waals surface area (Å²) in [7, 11) is 0. The number of amides is 2. The van der Waals surface area contributed by atoms with Crippen molar-refractivity contribution in [1.82, 2.24) is 10.6 Å². The monoisotopic (exact) mass is 428 g/mol. The van der Waals surface area contributed by atoms with Gasteiger partial charge < -0.3 is 29.6 Å². The Morgan fingerprint density at radius 3 is 1.77 bits per heavy atom. The van der Waals surface area contributed by atoms with Crippen LogP contribution >= 0.6 is 0 Å². The topological polar surface area (TPSA) is 129 Å². The zero-order chi connectivity index (χ0) is 22.9. The Morgan fingerprint density at radius 2 is 1.30 bits per heavy atom. The molecule has 3 atom stereocenters. The van der Waals surface area contributed by atoms with Crippen LogP contribution in [0.25, 0.3) is 0 Å². The summed E-state index contributed by atoms with van der Waals surface area (Å²) in [4.78, 5) is 45.2. The molecule has 3 unspecified atom stereocenters. The lowest BCUT2D eigenvalue weighted by Gasteiger charge is -2.16. The van der Waals surface area contributed by atoms with Gasteiger partial charge in [-0.3, -0.25) is 0 Å². The maximum Gasteiger partial charge on any atom is 0.407 e. The van der Waals surface area contributed by atoms with Gasteiger partial charge in [0, 0.05) is 25.2 Å². The molecule has 0 heterocycles.